The Kier molecular flexibility index (Phi) is 5.42. The second kappa shape index (κ2) is 7.64. The molecule has 0 amide bonds. The van der Waals surface area contributed by atoms with Crippen LogP contribution in [0.3, 0.4) is 0 Å². The first-order valence-electron chi connectivity index (χ1n) is 8.66. The van der Waals surface area contributed by atoms with Crippen LogP contribution >= 0.6 is 0 Å². The van der Waals surface area contributed by atoms with Gasteiger partial charge in [-0.15, -0.1) is 0 Å². The highest BCUT2D eigenvalue weighted by atomic mass is 19.4. The lowest BCUT2D eigenvalue weighted by Crippen LogP contribution is -2.35. The SMILES string of the molecule is N#C[C@]1(c2ccc(F)cc2)CC[C@H](Oc2ccnc(NN)c2C(F)(F)F)CC1. The van der Waals surface area contributed by atoms with E-state index >= 15 is 0 Å². The summed E-state index contributed by atoms with van der Waals surface area (Å²) in [5.74, 6) is 3.88. The second-order valence-corrected chi connectivity index (χ2v) is 6.69. The Balaban J connectivity index is 1.78. The van der Waals surface area contributed by atoms with E-state index in [0.717, 1.165) is 6.07 Å². The van der Waals surface area contributed by atoms with Gasteiger partial charge in [0.2, 0.25) is 0 Å². The summed E-state index contributed by atoms with van der Waals surface area (Å²) in [5, 5.41) is 9.70. The molecule has 0 unspecified atom stereocenters. The number of hydrogen-bond donors (Lipinski definition) is 2. The fraction of sp³-hybridized carbons (Fsp3) is 0.368. The number of nitrogen functional groups attached to an aromatic ring is 1. The number of pyridine rings is 1. The predicted octanol–water partition coefficient (Wildman–Crippen LogP) is 4.31. The van der Waals surface area contributed by atoms with Crippen LogP contribution < -0.4 is 16.0 Å². The smallest absolute Gasteiger partial charge is 0.423 e. The Morgan fingerprint density at radius 1 is 1.18 bits per heavy atom. The molecule has 2 aromatic rings. The average Bonchev–Trinajstić information content (AvgIpc) is 2.68. The first-order valence-corrected chi connectivity index (χ1v) is 8.66. The number of nitrogens with two attached hydrogens (primary N) is 1. The molecule has 1 fully saturated rings. The number of ether oxygens (including phenoxy) is 1. The first kappa shape index (κ1) is 19.9. The molecule has 0 saturated heterocycles. The Bertz CT molecular complexity index is 869. The molecule has 9 heteroatoms. The van der Waals surface area contributed by atoms with E-state index in [4.69, 9.17) is 10.6 Å². The molecule has 1 aromatic carbocycles. The number of nitrogens with one attached hydrogen (secondary N) is 1. The summed E-state index contributed by atoms with van der Waals surface area (Å²) in [7, 11) is 0. The molecule has 0 bridgehead atoms. The molecule has 0 atom stereocenters. The number of aromatic nitrogens is 1. The van der Waals surface area contributed by atoms with Crippen molar-refractivity contribution in [1.29, 1.82) is 5.26 Å². The zero-order valence-corrected chi connectivity index (χ0v) is 14.8. The van der Waals surface area contributed by atoms with Gasteiger partial charge in [-0.05, 0) is 49.4 Å². The number of halogens is 4. The number of nitrogens with zero attached hydrogens (tertiary/aromatic N) is 2. The highest BCUT2D eigenvalue weighted by molar-refractivity contribution is 5.52. The molecule has 3 N–H and O–H groups in total. The Labute approximate surface area is 159 Å². The third-order valence-corrected chi connectivity index (χ3v) is 5.02. The lowest BCUT2D eigenvalue weighted by atomic mass is 9.70. The lowest BCUT2D eigenvalue weighted by molar-refractivity contribution is -0.139. The average molecular weight is 394 g/mol. The third kappa shape index (κ3) is 3.87. The Morgan fingerprint density at radius 2 is 1.82 bits per heavy atom. The summed E-state index contributed by atoms with van der Waals surface area (Å²) in [6, 6.07) is 9.18. The molecule has 5 nitrogen and oxygen atoms in total. The van der Waals surface area contributed by atoms with Gasteiger partial charge in [-0.3, -0.25) is 0 Å². The maximum absolute atomic E-state index is 13.4. The van der Waals surface area contributed by atoms with Gasteiger partial charge in [0.05, 0.1) is 17.6 Å². The quantitative estimate of drug-likeness (QED) is 0.459. The standard InChI is InChI=1S/C19H18F4N4O/c20-13-3-1-12(2-4-13)18(11-24)8-5-14(6-9-18)28-15-7-10-26-17(27-25)16(15)19(21,22)23/h1-4,7,10,14H,5-6,8-9,25H2,(H,26,27)/t14-,18-. The van der Waals surface area contributed by atoms with Gasteiger partial charge in [-0.25, -0.2) is 15.2 Å². The molecular weight excluding hydrogens is 376 g/mol. The molecular formula is C19H18F4N4O. The molecule has 1 aliphatic rings. The van der Waals surface area contributed by atoms with Crippen molar-refractivity contribution >= 4 is 5.82 Å². The van der Waals surface area contributed by atoms with Crippen molar-refractivity contribution < 1.29 is 22.3 Å². The molecule has 148 valence electrons. The van der Waals surface area contributed by atoms with Gasteiger partial charge in [0.1, 0.15) is 17.1 Å². The molecule has 3 rings (SSSR count). The van der Waals surface area contributed by atoms with Gasteiger partial charge in [0.25, 0.3) is 0 Å². The van der Waals surface area contributed by atoms with Crippen LogP contribution in [0.25, 0.3) is 0 Å². The summed E-state index contributed by atoms with van der Waals surface area (Å²) < 4.78 is 59.0. The maximum Gasteiger partial charge on any atom is 0.423 e. The van der Waals surface area contributed by atoms with Crippen molar-refractivity contribution in [2.45, 2.75) is 43.4 Å². The van der Waals surface area contributed by atoms with Crippen LogP contribution in [0.2, 0.25) is 0 Å². The van der Waals surface area contributed by atoms with Crippen LogP contribution in [0, 0.1) is 17.1 Å². The summed E-state index contributed by atoms with van der Waals surface area (Å²) in [5.41, 5.74) is 0.777. The van der Waals surface area contributed by atoms with E-state index in [9.17, 15) is 22.8 Å². The molecule has 0 radical (unpaired) electrons. The van der Waals surface area contributed by atoms with Gasteiger partial charge in [-0.1, -0.05) is 12.1 Å². The summed E-state index contributed by atoms with van der Waals surface area (Å²) >= 11 is 0. The Morgan fingerprint density at radius 3 is 2.36 bits per heavy atom. The normalized spacial score (nSPS) is 22.4. The van der Waals surface area contributed by atoms with E-state index in [2.05, 4.69) is 11.1 Å². The van der Waals surface area contributed by atoms with Gasteiger partial charge in [0.15, 0.2) is 5.82 Å². The number of nitriles is 1. The topological polar surface area (TPSA) is 84.0 Å². The summed E-state index contributed by atoms with van der Waals surface area (Å²) in [6.07, 6.45) is -2.43. The van der Waals surface area contributed by atoms with Crippen molar-refractivity contribution in [2.75, 3.05) is 5.43 Å². The van der Waals surface area contributed by atoms with E-state index in [1.54, 1.807) is 12.1 Å². The highest BCUT2D eigenvalue weighted by Gasteiger charge is 2.41. The molecule has 1 saturated carbocycles. The van der Waals surface area contributed by atoms with E-state index in [0.29, 0.717) is 31.2 Å². The van der Waals surface area contributed by atoms with Crippen molar-refractivity contribution in [3.05, 3.63) is 53.5 Å². The minimum Gasteiger partial charge on any atom is -0.490 e. The van der Waals surface area contributed by atoms with Gasteiger partial charge in [0, 0.05) is 6.20 Å². The maximum atomic E-state index is 13.4. The number of hydrogen-bond acceptors (Lipinski definition) is 5. The van der Waals surface area contributed by atoms with Crippen molar-refractivity contribution in [2.24, 2.45) is 5.84 Å². The Hall–Kier alpha value is -2.86. The lowest BCUT2D eigenvalue weighted by Gasteiger charge is -2.35. The van der Waals surface area contributed by atoms with Crippen molar-refractivity contribution in [3.63, 3.8) is 0 Å². The van der Waals surface area contributed by atoms with Crippen LogP contribution in [0.4, 0.5) is 23.4 Å². The van der Waals surface area contributed by atoms with Gasteiger partial charge >= 0.3 is 6.18 Å². The largest absolute Gasteiger partial charge is 0.490 e. The molecule has 28 heavy (non-hydrogen) atoms. The van der Waals surface area contributed by atoms with Gasteiger partial charge < -0.3 is 10.2 Å². The van der Waals surface area contributed by atoms with Crippen LogP contribution in [-0.2, 0) is 11.6 Å². The molecule has 1 aliphatic carbocycles. The zero-order valence-electron chi connectivity index (χ0n) is 14.8. The molecule has 1 heterocycles. The van der Waals surface area contributed by atoms with Crippen LogP contribution in [0.5, 0.6) is 5.75 Å². The predicted molar refractivity (Wildman–Crippen MR) is 93.6 cm³/mol. The second-order valence-electron chi connectivity index (χ2n) is 6.69. The zero-order chi connectivity index (χ0) is 20.4. The van der Waals surface area contributed by atoms with Crippen LogP contribution in [-0.4, -0.2) is 11.1 Å². The van der Waals surface area contributed by atoms with Crippen molar-refractivity contribution in [3.8, 4) is 11.8 Å². The van der Waals surface area contributed by atoms with Gasteiger partial charge in [-0.2, -0.15) is 18.4 Å². The van der Waals surface area contributed by atoms with E-state index < -0.39 is 34.9 Å². The number of rotatable bonds is 4. The number of anilines is 1. The first-order chi connectivity index (χ1) is 13.3. The fourth-order valence-electron chi connectivity index (χ4n) is 3.54. The summed E-state index contributed by atoms with van der Waals surface area (Å²) in [6.45, 7) is 0. The van der Waals surface area contributed by atoms with E-state index in [1.807, 2.05) is 5.43 Å². The minimum atomic E-state index is -4.69. The molecule has 0 spiro atoms. The molecule has 0 aliphatic heterocycles. The highest BCUT2D eigenvalue weighted by Crippen LogP contribution is 2.43. The number of hydrazine groups is 1. The fourth-order valence-corrected chi connectivity index (χ4v) is 3.54. The van der Waals surface area contributed by atoms with Crippen LogP contribution in [0.15, 0.2) is 36.5 Å². The van der Waals surface area contributed by atoms with Crippen LogP contribution in [0.1, 0.15) is 36.8 Å². The van der Waals surface area contributed by atoms with E-state index in [1.165, 1.54) is 18.3 Å². The minimum absolute atomic E-state index is 0.355. The van der Waals surface area contributed by atoms with Crippen molar-refractivity contribution in [1.82, 2.24) is 4.98 Å². The van der Waals surface area contributed by atoms with E-state index in [-0.39, 0.29) is 5.75 Å². The number of benzene rings is 1. The number of alkyl halides is 3. The molecule has 1 aromatic heterocycles. The third-order valence-electron chi connectivity index (χ3n) is 5.02. The monoisotopic (exact) mass is 394 g/mol. The summed E-state index contributed by atoms with van der Waals surface area (Å²) in [4.78, 5) is 3.59.